The van der Waals surface area contributed by atoms with Crippen LogP contribution in [0.25, 0.3) is 16.6 Å². The van der Waals surface area contributed by atoms with E-state index in [-0.39, 0.29) is 15.6 Å². The van der Waals surface area contributed by atoms with Crippen molar-refractivity contribution in [3.63, 3.8) is 0 Å². The summed E-state index contributed by atoms with van der Waals surface area (Å²) in [5, 5.41) is 12.0. The quantitative estimate of drug-likeness (QED) is 0.433. The fourth-order valence-electron chi connectivity index (χ4n) is 3.54. The highest BCUT2D eigenvalue weighted by Gasteiger charge is 2.27. The Balaban J connectivity index is 1.71. The van der Waals surface area contributed by atoms with Gasteiger partial charge in [-0.15, -0.1) is 5.10 Å². The molecule has 9 heteroatoms. The molecule has 0 amide bonds. The first kappa shape index (κ1) is 20.0. The normalized spacial score (nSPS) is 11.7. The molecule has 5 rings (SSSR count). The molecule has 0 atom stereocenters. The average Bonchev–Trinajstić information content (AvgIpc) is 3.24. The van der Waals surface area contributed by atoms with Crippen molar-refractivity contribution < 1.29 is 13.2 Å². The number of benzene rings is 3. The van der Waals surface area contributed by atoms with Crippen molar-refractivity contribution >= 4 is 37.9 Å². The Morgan fingerprint density at radius 3 is 2.50 bits per heavy atom. The Kier molecular flexibility index (Phi) is 4.75. The van der Waals surface area contributed by atoms with E-state index in [4.69, 9.17) is 4.74 Å². The molecule has 0 aliphatic rings. The highest BCUT2D eigenvalue weighted by Crippen LogP contribution is 2.30. The fourth-order valence-corrected chi connectivity index (χ4v) is 4.77. The second-order valence-electron chi connectivity index (χ2n) is 7.28. The van der Waals surface area contributed by atoms with Crippen LogP contribution in [0.4, 0.5) is 11.5 Å². The van der Waals surface area contributed by atoms with Gasteiger partial charge in [0.1, 0.15) is 11.6 Å². The number of rotatable bonds is 5. The number of sulfone groups is 1. The van der Waals surface area contributed by atoms with Gasteiger partial charge in [0.25, 0.3) is 0 Å². The highest BCUT2D eigenvalue weighted by atomic mass is 32.2. The summed E-state index contributed by atoms with van der Waals surface area (Å²) in [6.45, 7) is 2.00. The number of methoxy groups -OCH3 is 1. The van der Waals surface area contributed by atoms with Crippen molar-refractivity contribution in [3.8, 4) is 5.75 Å². The maximum atomic E-state index is 13.3. The number of hydrogen-bond donors (Lipinski definition) is 1. The van der Waals surface area contributed by atoms with Crippen molar-refractivity contribution in [1.29, 1.82) is 0 Å². The predicted octanol–water partition coefficient (Wildman–Crippen LogP) is 4.17. The molecule has 2 heterocycles. The number of nitrogens with zero attached hydrogens (tertiary/aromatic N) is 4. The molecule has 0 fully saturated rings. The molecular weight excluding hydrogens is 426 g/mol. The van der Waals surface area contributed by atoms with Crippen LogP contribution in [0, 0.1) is 6.92 Å². The summed E-state index contributed by atoms with van der Waals surface area (Å²) in [7, 11) is -2.43. The largest absolute Gasteiger partial charge is 0.497 e. The SMILES string of the molecule is COc1ccc(S(=O)(=O)c2nnn3c2nc(Nc2cccc(C)c2)c2ccccc23)cc1. The Morgan fingerprint density at radius 2 is 1.75 bits per heavy atom. The van der Waals surface area contributed by atoms with Gasteiger partial charge in [0.05, 0.1) is 17.5 Å². The van der Waals surface area contributed by atoms with Crippen LogP contribution in [0.1, 0.15) is 5.56 Å². The lowest BCUT2D eigenvalue weighted by molar-refractivity contribution is 0.414. The molecule has 1 N–H and O–H groups in total. The van der Waals surface area contributed by atoms with Gasteiger partial charge >= 0.3 is 0 Å². The van der Waals surface area contributed by atoms with E-state index < -0.39 is 9.84 Å². The molecule has 0 aliphatic heterocycles. The first-order valence-electron chi connectivity index (χ1n) is 9.84. The van der Waals surface area contributed by atoms with Crippen LogP contribution < -0.4 is 10.1 Å². The highest BCUT2D eigenvalue weighted by molar-refractivity contribution is 7.91. The van der Waals surface area contributed by atoms with Crippen LogP contribution in [0.3, 0.4) is 0 Å². The van der Waals surface area contributed by atoms with Gasteiger partial charge in [-0.25, -0.2) is 13.4 Å². The van der Waals surface area contributed by atoms with Crippen LogP contribution in [-0.2, 0) is 9.84 Å². The lowest BCUT2D eigenvalue weighted by Crippen LogP contribution is -2.05. The van der Waals surface area contributed by atoms with Gasteiger partial charge in [-0.2, -0.15) is 4.52 Å². The first-order chi connectivity index (χ1) is 15.5. The molecule has 0 radical (unpaired) electrons. The minimum atomic E-state index is -3.95. The molecule has 0 bridgehead atoms. The number of para-hydroxylation sites is 1. The third-order valence-electron chi connectivity index (χ3n) is 5.13. The van der Waals surface area contributed by atoms with Gasteiger partial charge < -0.3 is 10.1 Å². The van der Waals surface area contributed by atoms with E-state index in [0.29, 0.717) is 17.1 Å². The van der Waals surface area contributed by atoms with Gasteiger partial charge in [0.15, 0.2) is 5.65 Å². The molecular formula is C23H19N5O3S. The second kappa shape index (κ2) is 7.61. The monoisotopic (exact) mass is 445 g/mol. The van der Waals surface area contributed by atoms with Gasteiger partial charge in [0, 0.05) is 11.1 Å². The zero-order chi connectivity index (χ0) is 22.3. The summed E-state index contributed by atoms with van der Waals surface area (Å²) < 4.78 is 33.3. The van der Waals surface area contributed by atoms with Gasteiger partial charge in [0.2, 0.25) is 14.9 Å². The number of fused-ring (bicyclic) bond motifs is 3. The molecule has 0 unspecified atom stereocenters. The Bertz CT molecular complexity index is 1560. The van der Waals surface area contributed by atoms with E-state index in [9.17, 15) is 8.42 Å². The zero-order valence-corrected chi connectivity index (χ0v) is 18.2. The molecule has 8 nitrogen and oxygen atoms in total. The lowest BCUT2D eigenvalue weighted by Gasteiger charge is -2.11. The number of aryl methyl sites for hydroxylation is 1. The summed E-state index contributed by atoms with van der Waals surface area (Å²) >= 11 is 0. The third kappa shape index (κ3) is 3.32. The summed E-state index contributed by atoms with van der Waals surface area (Å²) in [4.78, 5) is 4.72. The maximum Gasteiger partial charge on any atom is 0.229 e. The Hall–Kier alpha value is -3.98. The molecule has 3 aromatic carbocycles. The van der Waals surface area contributed by atoms with Gasteiger partial charge in [-0.1, -0.05) is 29.5 Å². The van der Waals surface area contributed by atoms with Gasteiger partial charge in [-0.3, -0.25) is 0 Å². The van der Waals surface area contributed by atoms with E-state index in [2.05, 4.69) is 20.6 Å². The van der Waals surface area contributed by atoms with Crippen molar-refractivity contribution in [2.45, 2.75) is 16.8 Å². The van der Waals surface area contributed by atoms with Crippen LogP contribution in [0.15, 0.2) is 82.7 Å². The number of ether oxygens (including phenoxy) is 1. The third-order valence-corrected chi connectivity index (χ3v) is 6.79. The molecule has 0 aliphatic carbocycles. The van der Waals surface area contributed by atoms with Crippen molar-refractivity contribution in [3.05, 3.63) is 78.4 Å². The zero-order valence-electron chi connectivity index (χ0n) is 17.4. The van der Waals surface area contributed by atoms with E-state index in [0.717, 1.165) is 16.6 Å². The summed E-state index contributed by atoms with van der Waals surface area (Å²) in [5.41, 5.74) is 2.78. The van der Waals surface area contributed by atoms with Crippen molar-refractivity contribution in [2.75, 3.05) is 12.4 Å². The van der Waals surface area contributed by atoms with Crippen LogP contribution >= 0.6 is 0 Å². The summed E-state index contributed by atoms with van der Waals surface area (Å²) in [5.74, 6) is 1.08. The summed E-state index contributed by atoms with van der Waals surface area (Å²) in [6.07, 6.45) is 0. The molecule has 0 saturated heterocycles. The van der Waals surface area contributed by atoms with E-state index in [1.54, 1.807) is 12.1 Å². The molecule has 32 heavy (non-hydrogen) atoms. The van der Waals surface area contributed by atoms with Crippen LogP contribution in [0.2, 0.25) is 0 Å². The molecule has 0 spiro atoms. The average molecular weight is 446 g/mol. The van der Waals surface area contributed by atoms with E-state index in [1.165, 1.54) is 23.8 Å². The summed E-state index contributed by atoms with van der Waals surface area (Å²) in [6, 6.07) is 21.5. The van der Waals surface area contributed by atoms with Crippen LogP contribution in [0.5, 0.6) is 5.75 Å². The molecule has 0 saturated carbocycles. The standard InChI is InChI=1S/C23H19N5O3S/c1-15-6-5-7-16(14-15)24-21-19-8-3-4-9-20(19)28-22(25-21)23(26-27-28)32(29,30)18-12-10-17(31-2)11-13-18/h3-14H,1-2H3,(H,24,25). The lowest BCUT2D eigenvalue weighted by atomic mass is 10.2. The predicted molar refractivity (Wildman–Crippen MR) is 121 cm³/mol. The van der Waals surface area contributed by atoms with Crippen molar-refractivity contribution in [2.24, 2.45) is 0 Å². The minimum absolute atomic E-state index is 0.0869. The smallest absolute Gasteiger partial charge is 0.229 e. The minimum Gasteiger partial charge on any atom is -0.497 e. The molecule has 2 aromatic heterocycles. The number of aromatic nitrogens is 4. The van der Waals surface area contributed by atoms with Gasteiger partial charge in [-0.05, 0) is 61.0 Å². The Morgan fingerprint density at radius 1 is 0.969 bits per heavy atom. The number of anilines is 2. The fraction of sp³-hybridized carbons (Fsp3) is 0.0870. The number of hydrogen-bond acceptors (Lipinski definition) is 7. The first-order valence-corrected chi connectivity index (χ1v) is 11.3. The second-order valence-corrected chi connectivity index (χ2v) is 9.15. The molecule has 5 aromatic rings. The maximum absolute atomic E-state index is 13.3. The number of nitrogens with one attached hydrogen (secondary N) is 1. The Labute approximate surface area is 184 Å². The van der Waals surface area contributed by atoms with E-state index in [1.807, 2.05) is 55.5 Å². The molecule has 160 valence electrons. The topological polar surface area (TPSA) is 98.5 Å². The van der Waals surface area contributed by atoms with Crippen molar-refractivity contribution in [1.82, 2.24) is 19.8 Å². The van der Waals surface area contributed by atoms with E-state index >= 15 is 0 Å². The van der Waals surface area contributed by atoms with Crippen LogP contribution in [-0.4, -0.2) is 35.3 Å².